The van der Waals surface area contributed by atoms with Crippen molar-refractivity contribution in [3.63, 3.8) is 0 Å². The molecule has 1 aromatic heterocycles. The Kier molecular flexibility index (Phi) is 12.4. The average Bonchev–Trinajstić information content (AvgIpc) is 3.35. The van der Waals surface area contributed by atoms with Gasteiger partial charge in [-0.15, -0.1) is 5.10 Å². The van der Waals surface area contributed by atoms with E-state index in [1.54, 1.807) is 32.0 Å². The van der Waals surface area contributed by atoms with E-state index in [4.69, 9.17) is 0 Å². The van der Waals surface area contributed by atoms with Crippen LogP contribution >= 0.6 is 7.60 Å². The Labute approximate surface area is 245 Å². The number of amides is 2. The fourth-order valence-electron chi connectivity index (χ4n) is 3.67. The van der Waals surface area contributed by atoms with E-state index in [0.717, 1.165) is 10.9 Å². The van der Waals surface area contributed by atoms with Gasteiger partial charge in [0.15, 0.2) is 0 Å². The van der Waals surface area contributed by atoms with E-state index < -0.39 is 69.8 Å². The van der Waals surface area contributed by atoms with Crippen LogP contribution in [-0.2, 0) is 42.9 Å². The quantitative estimate of drug-likeness (QED) is 0.216. The van der Waals surface area contributed by atoms with Crippen LogP contribution in [0.4, 0.5) is 39.5 Å². The third-order valence-electron chi connectivity index (χ3n) is 6.07. The monoisotopic (exact) mass is 669 g/mol. The molecule has 0 bridgehead atoms. The molecule has 1 aromatic carbocycles. The fraction of sp³-hybridized carbons (Fsp3) is 0.583. The van der Waals surface area contributed by atoms with E-state index in [2.05, 4.69) is 24.7 Å². The zero-order valence-electron chi connectivity index (χ0n) is 23.4. The number of alkyl halides is 9. The molecule has 0 saturated heterocycles. The standard InChI is InChI=1S/C24H29F9N5O5P/c1-4-15(2)18(34-19(39)13-37(21(40)24(31,32)33)10-16-8-6-5-7-9-16)12-38-11-17(35-36-38)14-42-44(3,41)43-20(22(25,26)27)23(28,29)30/h5-9,11,15,18,20H,4,10,12-14H2,1-3H3,(H,34,39)/t15-,18+,44?/m0/s1. The van der Waals surface area contributed by atoms with Crippen LogP contribution in [0.5, 0.6) is 0 Å². The molecule has 0 aliphatic heterocycles. The van der Waals surface area contributed by atoms with E-state index in [0.29, 0.717) is 23.5 Å². The summed E-state index contributed by atoms with van der Waals surface area (Å²) in [5.41, 5.74) is 0.174. The van der Waals surface area contributed by atoms with Gasteiger partial charge in [0.2, 0.25) is 5.91 Å². The van der Waals surface area contributed by atoms with Crippen LogP contribution in [0.2, 0.25) is 0 Å². The van der Waals surface area contributed by atoms with Crippen LogP contribution in [0.15, 0.2) is 36.5 Å². The minimum absolute atomic E-state index is 0.135. The van der Waals surface area contributed by atoms with E-state index in [1.807, 2.05) is 0 Å². The molecule has 1 heterocycles. The SMILES string of the molecule is CC[C@H](C)[C@@H](Cn1cc(COP(C)(=O)OC(C(F)(F)F)C(F)(F)F)nn1)NC(=O)CN(Cc1ccccc1)C(=O)C(F)(F)F. The summed E-state index contributed by atoms with van der Waals surface area (Å²) in [6, 6.07) is 6.92. The molecule has 0 radical (unpaired) electrons. The fourth-order valence-corrected chi connectivity index (χ4v) is 4.72. The smallest absolute Gasteiger partial charge is 0.350 e. The van der Waals surface area contributed by atoms with E-state index in [9.17, 15) is 53.7 Å². The molecule has 0 fully saturated rings. The van der Waals surface area contributed by atoms with Crippen molar-refractivity contribution in [3.8, 4) is 0 Å². The minimum Gasteiger partial charge on any atom is -0.350 e. The van der Waals surface area contributed by atoms with Crippen LogP contribution in [-0.4, -0.2) is 75.6 Å². The molecule has 0 aliphatic rings. The summed E-state index contributed by atoms with van der Waals surface area (Å²) in [4.78, 5) is 25.2. The van der Waals surface area contributed by atoms with Crippen molar-refractivity contribution in [2.45, 2.75) is 70.6 Å². The van der Waals surface area contributed by atoms with Crippen molar-refractivity contribution in [2.24, 2.45) is 5.92 Å². The Bertz CT molecular complexity index is 1270. The Balaban J connectivity index is 2.09. The van der Waals surface area contributed by atoms with Crippen LogP contribution in [0.25, 0.3) is 0 Å². The van der Waals surface area contributed by atoms with Crippen molar-refractivity contribution in [2.75, 3.05) is 13.2 Å². The first-order valence-electron chi connectivity index (χ1n) is 12.7. The Morgan fingerprint density at radius 3 is 2.16 bits per heavy atom. The maximum Gasteiger partial charge on any atom is 0.471 e. The molecule has 44 heavy (non-hydrogen) atoms. The second-order valence-electron chi connectivity index (χ2n) is 9.75. The number of carbonyl (C=O) groups excluding carboxylic acids is 2. The number of rotatable bonds is 14. The van der Waals surface area contributed by atoms with Gasteiger partial charge in [-0.25, -0.2) is 0 Å². The molecule has 0 aliphatic carbocycles. The van der Waals surface area contributed by atoms with Gasteiger partial charge in [-0.1, -0.05) is 55.8 Å². The number of hydrogen-bond donors (Lipinski definition) is 1. The molecule has 0 saturated carbocycles. The van der Waals surface area contributed by atoms with Gasteiger partial charge in [0.05, 0.1) is 18.8 Å². The molecule has 3 atom stereocenters. The number of benzene rings is 1. The maximum atomic E-state index is 13.2. The van der Waals surface area contributed by atoms with Crippen molar-refractivity contribution < 1.29 is 62.7 Å². The zero-order valence-corrected chi connectivity index (χ0v) is 24.3. The minimum atomic E-state index is -5.91. The second-order valence-corrected chi connectivity index (χ2v) is 11.8. The lowest BCUT2D eigenvalue weighted by molar-refractivity contribution is -0.301. The van der Waals surface area contributed by atoms with Crippen molar-refractivity contribution >= 4 is 19.4 Å². The highest BCUT2D eigenvalue weighted by molar-refractivity contribution is 7.52. The molecule has 248 valence electrons. The van der Waals surface area contributed by atoms with Gasteiger partial charge in [0.25, 0.3) is 6.10 Å². The molecule has 2 amide bonds. The van der Waals surface area contributed by atoms with Gasteiger partial charge < -0.3 is 14.7 Å². The lowest BCUT2D eigenvalue weighted by Crippen LogP contribution is -2.49. The maximum absolute atomic E-state index is 13.2. The number of hydrogen-bond acceptors (Lipinski definition) is 7. The predicted molar refractivity (Wildman–Crippen MR) is 135 cm³/mol. The number of aromatic nitrogens is 3. The summed E-state index contributed by atoms with van der Waals surface area (Å²) in [7, 11) is -4.91. The molecule has 10 nitrogen and oxygen atoms in total. The Hall–Kier alpha value is -3.18. The van der Waals surface area contributed by atoms with Crippen LogP contribution in [0.1, 0.15) is 31.5 Å². The molecule has 2 rings (SSSR count). The highest BCUT2D eigenvalue weighted by Gasteiger charge is 2.60. The average molecular weight is 669 g/mol. The van der Waals surface area contributed by atoms with Crippen LogP contribution in [0, 0.1) is 5.92 Å². The number of carbonyl (C=O) groups is 2. The van der Waals surface area contributed by atoms with E-state index in [1.165, 1.54) is 12.1 Å². The van der Waals surface area contributed by atoms with Gasteiger partial charge in [-0.3, -0.25) is 23.4 Å². The molecule has 0 spiro atoms. The molecule has 2 aromatic rings. The normalized spacial score (nSPS) is 15.5. The topological polar surface area (TPSA) is 116 Å². The number of halogens is 9. The van der Waals surface area contributed by atoms with Gasteiger partial charge in [0.1, 0.15) is 18.8 Å². The number of nitrogens with one attached hydrogen (secondary N) is 1. The van der Waals surface area contributed by atoms with E-state index in [-0.39, 0.29) is 18.2 Å². The first kappa shape index (κ1) is 37.0. The summed E-state index contributed by atoms with van der Waals surface area (Å²) < 4.78 is 138. The molecule has 1 N–H and O–H groups in total. The molecule has 1 unspecified atom stereocenters. The predicted octanol–water partition coefficient (Wildman–Crippen LogP) is 5.25. The second kappa shape index (κ2) is 14.7. The third-order valence-corrected chi connectivity index (χ3v) is 7.26. The molecule has 20 heteroatoms. The molecular weight excluding hydrogens is 640 g/mol. The zero-order chi connectivity index (χ0) is 33.5. The highest BCUT2D eigenvalue weighted by atomic mass is 31.2. The van der Waals surface area contributed by atoms with Crippen molar-refractivity contribution in [1.29, 1.82) is 0 Å². The summed E-state index contributed by atoms with van der Waals surface area (Å²) in [5, 5.41) is 9.92. The van der Waals surface area contributed by atoms with Crippen molar-refractivity contribution in [1.82, 2.24) is 25.2 Å². The highest BCUT2D eigenvalue weighted by Crippen LogP contribution is 2.51. The summed E-state index contributed by atoms with van der Waals surface area (Å²) in [6.07, 6.45) is -19.8. The van der Waals surface area contributed by atoms with Crippen LogP contribution < -0.4 is 5.32 Å². The Morgan fingerprint density at radius 1 is 1.05 bits per heavy atom. The van der Waals surface area contributed by atoms with Gasteiger partial charge in [-0.2, -0.15) is 39.5 Å². The molecular formula is C24H29F9N5O5P. The first-order chi connectivity index (χ1) is 20.1. The lowest BCUT2D eigenvalue weighted by atomic mass is 9.99. The van der Waals surface area contributed by atoms with Gasteiger partial charge >= 0.3 is 32.0 Å². The van der Waals surface area contributed by atoms with Crippen LogP contribution in [0.3, 0.4) is 0 Å². The third kappa shape index (κ3) is 11.7. The summed E-state index contributed by atoms with van der Waals surface area (Å²) >= 11 is 0. The lowest BCUT2D eigenvalue weighted by Gasteiger charge is -2.27. The van der Waals surface area contributed by atoms with E-state index >= 15 is 0 Å². The van der Waals surface area contributed by atoms with Gasteiger partial charge in [0, 0.05) is 13.2 Å². The van der Waals surface area contributed by atoms with Crippen molar-refractivity contribution in [3.05, 3.63) is 47.8 Å². The summed E-state index contributed by atoms with van der Waals surface area (Å²) in [6.45, 7) is 1.46. The Morgan fingerprint density at radius 2 is 1.64 bits per heavy atom. The largest absolute Gasteiger partial charge is 0.471 e. The number of nitrogens with zero attached hydrogens (tertiary/aromatic N) is 4. The summed E-state index contributed by atoms with van der Waals surface area (Å²) in [5.74, 6) is -3.43. The first-order valence-corrected chi connectivity index (χ1v) is 14.7. The van der Waals surface area contributed by atoms with Gasteiger partial charge in [-0.05, 0) is 11.5 Å².